The van der Waals surface area contributed by atoms with Gasteiger partial charge in [0.05, 0.1) is 5.92 Å². The molecule has 0 bridgehead atoms. The monoisotopic (exact) mass is 220 g/mol. The van der Waals surface area contributed by atoms with E-state index in [0.717, 1.165) is 31.5 Å². The predicted molar refractivity (Wildman–Crippen MR) is 60.1 cm³/mol. The van der Waals surface area contributed by atoms with E-state index in [0.29, 0.717) is 0 Å². The first-order valence-corrected chi connectivity index (χ1v) is 5.63. The molecule has 2 rings (SSSR count). The molecular weight excluding hydrogens is 204 g/mol. The molecule has 2 N–H and O–H groups in total. The number of carboxylic acid groups (broad SMARTS) is 1. The molecule has 4 nitrogen and oxygen atoms in total. The highest BCUT2D eigenvalue weighted by Gasteiger charge is 2.35. The standard InChI is InChI=1S/C12H16N2O2/c15-12(16)10-4-5-11(10)14-8-6-9-3-1-2-7-13-9/h1-3,7,10-11,14H,4-6,8H2,(H,15,16). The molecule has 4 heteroatoms. The molecule has 0 aromatic carbocycles. The molecule has 2 atom stereocenters. The second-order valence-electron chi connectivity index (χ2n) is 4.15. The van der Waals surface area contributed by atoms with Crippen molar-refractivity contribution in [2.75, 3.05) is 6.54 Å². The number of aliphatic carboxylic acids is 1. The van der Waals surface area contributed by atoms with Gasteiger partial charge in [-0.05, 0) is 25.0 Å². The lowest BCUT2D eigenvalue weighted by Crippen LogP contribution is -2.48. The van der Waals surface area contributed by atoms with E-state index in [9.17, 15) is 4.79 Å². The Bertz CT molecular complexity index is 353. The van der Waals surface area contributed by atoms with Crippen LogP contribution in [0.3, 0.4) is 0 Å². The Morgan fingerprint density at radius 2 is 2.38 bits per heavy atom. The average molecular weight is 220 g/mol. The third-order valence-corrected chi connectivity index (χ3v) is 3.11. The fourth-order valence-electron chi connectivity index (χ4n) is 1.97. The summed E-state index contributed by atoms with van der Waals surface area (Å²) in [5.74, 6) is -0.870. The maximum Gasteiger partial charge on any atom is 0.308 e. The summed E-state index contributed by atoms with van der Waals surface area (Å²) in [6.07, 6.45) is 4.40. The minimum Gasteiger partial charge on any atom is -0.481 e. The zero-order valence-electron chi connectivity index (χ0n) is 9.10. The Kier molecular flexibility index (Phi) is 3.51. The van der Waals surface area contributed by atoms with Crippen molar-refractivity contribution in [1.82, 2.24) is 10.3 Å². The van der Waals surface area contributed by atoms with E-state index in [4.69, 9.17) is 5.11 Å². The Labute approximate surface area is 94.7 Å². The lowest BCUT2D eigenvalue weighted by Gasteiger charge is -2.34. The van der Waals surface area contributed by atoms with Gasteiger partial charge in [0, 0.05) is 30.9 Å². The molecule has 0 spiro atoms. The molecule has 0 aliphatic heterocycles. The molecule has 1 fully saturated rings. The van der Waals surface area contributed by atoms with Gasteiger partial charge in [-0.25, -0.2) is 0 Å². The third-order valence-electron chi connectivity index (χ3n) is 3.11. The number of pyridine rings is 1. The number of nitrogens with one attached hydrogen (secondary N) is 1. The highest BCUT2D eigenvalue weighted by Crippen LogP contribution is 2.27. The number of rotatable bonds is 5. The van der Waals surface area contributed by atoms with E-state index in [-0.39, 0.29) is 12.0 Å². The topological polar surface area (TPSA) is 62.2 Å². The van der Waals surface area contributed by atoms with Crippen molar-refractivity contribution < 1.29 is 9.90 Å². The summed E-state index contributed by atoms with van der Waals surface area (Å²) >= 11 is 0. The lowest BCUT2D eigenvalue weighted by atomic mass is 9.79. The molecule has 1 heterocycles. The first-order chi connectivity index (χ1) is 7.77. The fourth-order valence-corrected chi connectivity index (χ4v) is 1.97. The second kappa shape index (κ2) is 5.07. The zero-order chi connectivity index (χ0) is 11.4. The van der Waals surface area contributed by atoms with Gasteiger partial charge in [-0.15, -0.1) is 0 Å². The summed E-state index contributed by atoms with van der Waals surface area (Å²) < 4.78 is 0. The normalized spacial score (nSPS) is 23.8. The number of carboxylic acids is 1. The van der Waals surface area contributed by atoms with E-state index in [1.54, 1.807) is 6.20 Å². The van der Waals surface area contributed by atoms with Gasteiger partial charge in [-0.3, -0.25) is 9.78 Å². The van der Waals surface area contributed by atoms with Crippen molar-refractivity contribution in [3.8, 4) is 0 Å². The van der Waals surface area contributed by atoms with Crippen molar-refractivity contribution in [2.24, 2.45) is 5.92 Å². The molecule has 1 aliphatic rings. The Balaban J connectivity index is 1.71. The van der Waals surface area contributed by atoms with Crippen LogP contribution in [0.25, 0.3) is 0 Å². The van der Waals surface area contributed by atoms with Gasteiger partial charge in [0.25, 0.3) is 0 Å². The van der Waals surface area contributed by atoms with Gasteiger partial charge in [-0.1, -0.05) is 6.07 Å². The Morgan fingerprint density at radius 3 is 2.94 bits per heavy atom. The first kappa shape index (κ1) is 11.1. The van der Waals surface area contributed by atoms with E-state index in [1.807, 2.05) is 18.2 Å². The molecule has 1 saturated carbocycles. The van der Waals surface area contributed by atoms with Crippen LogP contribution in [0.15, 0.2) is 24.4 Å². The van der Waals surface area contributed by atoms with Crippen molar-refractivity contribution in [2.45, 2.75) is 25.3 Å². The van der Waals surface area contributed by atoms with Crippen LogP contribution < -0.4 is 5.32 Å². The second-order valence-corrected chi connectivity index (χ2v) is 4.15. The molecule has 0 amide bonds. The fraction of sp³-hybridized carbons (Fsp3) is 0.500. The minimum absolute atomic E-state index is 0.154. The maximum atomic E-state index is 10.8. The van der Waals surface area contributed by atoms with Crippen LogP contribution in [0.4, 0.5) is 0 Å². The van der Waals surface area contributed by atoms with Gasteiger partial charge in [-0.2, -0.15) is 0 Å². The van der Waals surface area contributed by atoms with E-state index >= 15 is 0 Å². The van der Waals surface area contributed by atoms with Crippen LogP contribution in [0.2, 0.25) is 0 Å². The Hall–Kier alpha value is -1.42. The largest absolute Gasteiger partial charge is 0.481 e. The number of aromatic nitrogens is 1. The SMILES string of the molecule is O=C(O)C1CCC1NCCc1ccccn1. The van der Waals surface area contributed by atoms with Crippen molar-refractivity contribution in [3.63, 3.8) is 0 Å². The molecule has 86 valence electrons. The molecule has 1 aromatic rings. The molecule has 2 unspecified atom stereocenters. The van der Waals surface area contributed by atoms with E-state index in [1.165, 1.54) is 0 Å². The summed E-state index contributed by atoms with van der Waals surface area (Å²) in [7, 11) is 0. The summed E-state index contributed by atoms with van der Waals surface area (Å²) in [6.45, 7) is 0.797. The van der Waals surface area contributed by atoms with Gasteiger partial charge in [0.1, 0.15) is 0 Å². The van der Waals surface area contributed by atoms with Crippen molar-refractivity contribution >= 4 is 5.97 Å². The van der Waals surface area contributed by atoms with Crippen molar-refractivity contribution in [3.05, 3.63) is 30.1 Å². The van der Waals surface area contributed by atoms with Crippen LogP contribution in [0, 0.1) is 5.92 Å². The summed E-state index contributed by atoms with van der Waals surface area (Å²) in [5.41, 5.74) is 1.04. The molecule has 1 aliphatic carbocycles. The molecule has 1 aromatic heterocycles. The molecule has 0 radical (unpaired) electrons. The Morgan fingerprint density at radius 1 is 1.50 bits per heavy atom. The highest BCUT2D eigenvalue weighted by molar-refractivity contribution is 5.72. The number of hydrogen-bond acceptors (Lipinski definition) is 3. The van der Waals surface area contributed by atoms with Crippen LogP contribution in [-0.2, 0) is 11.2 Å². The number of hydrogen-bond donors (Lipinski definition) is 2. The molecule has 0 saturated heterocycles. The van der Waals surface area contributed by atoms with E-state index < -0.39 is 5.97 Å². The minimum atomic E-state index is -0.679. The van der Waals surface area contributed by atoms with Crippen LogP contribution in [-0.4, -0.2) is 28.6 Å². The molecular formula is C12H16N2O2. The van der Waals surface area contributed by atoms with E-state index in [2.05, 4.69) is 10.3 Å². The van der Waals surface area contributed by atoms with Crippen LogP contribution >= 0.6 is 0 Å². The summed E-state index contributed by atoms with van der Waals surface area (Å²) in [4.78, 5) is 15.0. The van der Waals surface area contributed by atoms with Gasteiger partial charge < -0.3 is 10.4 Å². The van der Waals surface area contributed by atoms with Gasteiger partial charge in [0.15, 0.2) is 0 Å². The molecule has 16 heavy (non-hydrogen) atoms. The predicted octanol–water partition coefficient (Wildman–Crippen LogP) is 1.08. The first-order valence-electron chi connectivity index (χ1n) is 5.63. The lowest BCUT2D eigenvalue weighted by molar-refractivity contribution is -0.146. The zero-order valence-corrected chi connectivity index (χ0v) is 9.10. The number of carbonyl (C=O) groups is 1. The smallest absolute Gasteiger partial charge is 0.308 e. The van der Waals surface area contributed by atoms with Crippen molar-refractivity contribution in [1.29, 1.82) is 0 Å². The summed E-state index contributed by atoms with van der Waals surface area (Å²) in [5, 5.41) is 12.1. The summed E-state index contributed by atoms with van der Waals surface area (Å²) in [6, 6.07) is 5.99. The van der Waals surface area contributed by atoms with Crippen LogP contribution in [0.5, 0.6) is 0 Å². The third kappa shape index (κ3) is 2.58. The van der Waals surface area contributed by atoms with Gasteiger partial charge >= 0.3 is 5.97 Å². The highest BCUT2D eigenvalue weighted by atomic mass is 16.4. The average Bonchev–Trinajstić information content (AvgIpc) is 2.23. The quantitative estimate of drug-likeness (QED) is 0.779. The van der Waals surface area contributed by atoms with Crippen LogP contribution in [0.1, 0.15) is 18.5 Å². The van der Waals surface area contributed by atoms with Gasteiger partial charge in [0.2, 0.25) is 0 Å². The number of nitrogens with zero attached hydrogens (tertiary/aromatic N) is 1. The maximum absolute atomic E-state index is 10.8.